The van der Waals surface area contributed by atoms with Gasteiger partial charge in [0.15, 0.2) is 11.5 Å². The Morgan fingerprint density at radius 1 is 1.50 bits per heavy atom. The van der Waals surface area contributed by atoms with Crippen molar-refractivity contribution in [1.82, 2.24) is 0 Å². The lowest BCUT2D eigenvalue weighted by Crippen LogP contribution is -1.99. The first kappa shape index (κ1) is 13.5. The van der Waals surface area contributed by atoms with E-state index < -0.39 is 10.9 Å². The summed E-state index contributed by atoms with van der Waals surface area (Å²) in [5.74, 6) is -0.573. The Morgan fingerprint density at radius 2 is 2.22 bits per heavy atom. The zero-order valence-electron chi connectivity index (χ0n) is 9.53. The lowest BCUT2D eigenvalue weighted by Gasteiger charge is -2.08. The molecule has 18 heavy (non-hydrogen) atoms. The molecule has 1 N–H and O–H groups in total. The van der Waals surface area contributed by atoms with Crippen LogP contribution in [-0.2, 0) is 4.79 Å². The molecule has 0 radical (unpaired) electrons. The summed E-state index contributed by atoms with van der Waals surface area (Å²) < 4.78 is 10.2. The minimum Gasteiger partial charge on any atom is -0.493 e. The molecule has 0 spiro atoms. The first-order valence-electron chi connectivity index (χ1n) is 4.89. The van der Waals surface area contributed by atoms with E-state index in [1.807, 2.05) is 0 Å². The van der Waals surface area contributed by atoms with Gasteiger partial charge in [-0.05, 0) is 12.1 Å². The predicted octanol–water partition coefficient (Wildman–Crippen LogP) is 1.62. The van der Waals surface area contributed by atoms with E-state index in [0.29, 0.717) is 5.75 Å². The van der Waals surface area contributed by atoms with Gasteiger partial charge in [-0.1, -0.05) is 0 Å². The molecule has 0 heterocycles. The zero-order chi connectivity index (χ0) is 13.5. The highest BCUT2D eigenvalue weighted by atomic mass is 16.6. The molecule has 1 aromatic carbocycles. The van der Waals surface area contributed by atoms with E-state index in [1.54, 1.807) is 0 Å². The number of carboxylic acids is 1. The second kappa shape index (κ2) is 6.24. The molecule has 0 aliphatic heterocycles. The van der Waals surface area contributed by atoms with Crippen LogP contribution in [0.5, 0.6) is 11.5 Å². The van der Waals surface area contributed by atoms with Gasteiger partial charge >= 0.3 is 5.97 Å². The van der Waals surface area contributed by atoms with Crippen LogP contribution in [0.3, 0.4) is 0 Å². The van der Waals surface area contributed by atoms with Crippen LogP contribution in [0.1, 0.15) is 0 Å². The lowest BCUT2D eigenvalue weighted by molar-refractivity contribution is -0.385. The van der Waals surface area contributed by atoms with Crippen molar-refractivity contribution in [2.45, 2.75) is 0 Å². The predicted molar refractivity (Wildman–Crippen MR) is 61.9 cm³/mol. The fourth-order valence-electron chi connectivity index (χ4n) is 1.18. The van der Waals surface area contributed by atoms with Crippen LogP contribution in [0.15, 0.2) is 30.4 Å². The molecule has 0 saturated heterocycles. The number of hydrogen-bond acceptors (Lipinski definition) is 5. The first-order chi connectivity index (χ1) is 8.54. The number of non-ortho nitro benzene ring substituents is 1. The van der Waals surface area contributed by atoms with Gasteiger partial charge in [-0.3, -0.25) is 10.1 Å². The molecule has 0 saturated carbocycles. The summed E-state index contributed by atoms with van der Waals surface area (Å²) in [4.78, 5) is 20.3. The Balaban J connectivity index is 2.81. The number of nitro benzene ring substituents is 1. The molecule has 0 aliphatic rings. The quantitative estimate of drug-likeness (QED) is 0.470. The van der Waals surface area contributed by atoms with Crippen LogP contribution >= 0.6 is 0 Å². The average molecular weight is 253 g/mol. The molecule has 96 valence electrons. The molecule has 7 heteroatoms. The number of methoxy groups -OCH3 is 1. The summed E-state index contributed by atoms with van der Waals surface area (Å²) >= 11 is 0. The van der Waals surface area contributed by atoms with Crippen molar-refractivity contribution < 1.29 is 24.3 Å². The van der Waals surface area contributed by atoms with Crippen molar-refractivity contribution in [3.8, 4) is 11.5 Å². The van der Waals surface area contributed by atoms with Crippen LogP contribution in [-0.4, -0.2) is 29.7 Å². The fourth-order valence-corrected chi connectivity index (χ4v) is 1.18. The molecule has 1 aromatic rings. The van der Waals surface area contributed by atoms with Gasteiger partial charge in [-0.25, -0.2) is 4.79 Å². The molecular formula is C11H11NO6. The number of ether oxygens (including phenoxy) is 2. The van der Waals surface area contributed by atoms with E-state index in [4.69, 9.17) is 14.6 Å². The number of benzene rings is 1. The van der Waals surface area contributed by atoms with Crippen LogP contribution in [0.25, 0.3) is 0 Å². The number of nitrogens with zero attached hydrogens (tertiary/aromatic N) is 1. The van der Waals surface area contributed by atoms with Gasteiger partial charge in [0.25, 0.3) is 5.69 Å². The van der Waals surface area contributed by atoms with Gasteiger partial charge < -0.3 is 14.6 Å². The third-order valence-corrected chi connectivity index (χ3v) is 1.95. The second-order valence-corrected chi connectivity index (χ2v) is 3.14. The van der Waals surface area contributed by atoms with Crippen molar-refractivity contribution in [2.24, 2.45) is 0 Å². The van der Waals surface area contributed by atoms with E-state index in [1.165, 1.54) is 31.4 Å². The maximum Gasteiger partial charge on any atom is 0.328 e. The summed E-state index contributed by atoms with van der Waals surface area (Å²) in [7, 11) is 1.40. The Bertz CT molecular complexity index is 482. The molecule has 7 nitrogen and oxygen atoms in total. The minimum atomic E-state index is -1.09. The maximum atomic E-state index is 10.6. The van der Waals surface area contributed by atoms with Crippen LogP contribution < -0.4 is 9.47 Å². The third-order valence-electron chi connectivity index (χ3n) is 1.95. The monoisotopic (exact) mass is 253 g/mol. The smallest absolute Gasteiger partial charge is 0.328 e. The molecule has 0 amide bonds. The molecule has 0 aliphatic carbocycles. The van der Waals surface area contributed by atoms with E-state index in [0.717, 1.165) is 6.08 Å². The van der Waals surface area contributed by atoms with Gasteiger partial charge in [0.2, 0.25) is 0 Å². The summed E-state index contributed by atoms with van der Waals surface area (Å²) in [6, 6.07) is 3.92. The van der Waals surface area contributed by atoms with Gasteiger partial charge in [0.05, 0.1) is 18.1 Å². The third kappa shape index (κ3) is 3.78. The number of carboxylic acid groups (broad SMARTS) is 1. The summed E-state index contributed by atoms with van der Waals surface area (Å²) in [5, 5.41) is 19.0. The highest BCUT2D eigenvalue weighted by Gasteiger charge is 2.11. The highest BCUT2D eigenvalue weighted by Crippen LogP contribution is 2.30. The molecule has 0 fully saturated rings. The Morgan fingerprint density at radius 3 is 2.78 bits per heavy atom. The van der Waals surface area contributed by atoms with Crippen molar-refractivity contribution in [2.75, 3.05) is 13.7 Å². The number of carbonyl (C=O) groups is 1. The highest BCUT2D eigenvalue weighted by molar-refractivity contribution is 5.79. The largest absolute Gasteiger partial charge is 0.493 e. The standard InChI is InChI=1S/C11H11NO6/c1-17-9-5-4-8(12(15)16)7-10(9)18-6-2-3-11(13)14/h2-5,7H,6H2,1H3,(H,13,14)/b3-2+. The van der Waals surface area contributed by atoms with Gasteiger partial charge in [-0.2, -0.15) is 0 Å². The molecule has 0 aromatic heterocycles. The van der Waals surface area contributed by atoms with Crippen molar-refractivity contribution >= 4 is 11.7 Å². The Labute approximate surface area is 102 Å². The number of rotatable bonds is 6. The zero-order valence-corrected chi connectivity index (χ0v) is 9.53. The van der Waals surface area contributed by atoms with Gasteiger partial charge in [0, 0.05) is 12.1 Å². The van der Waals surface area contributed by atoms with Crippen LogP contribution in [0.2, 0.25) is 0 Å². The molecule has 0 bridgehead atoms. The Kier molecular flexibility index (Phi) is 4.67. The lowest BCUT2D eigenvalue weighted by atomic mass is 10.3. The average Bonchev–Trinajstić information content (AvgIpc) is 2.34. The fraction of sp³-hybridized carbons (Fsp3) is 0.182. The molecule has 0 unspecified atom stereocenters. The molecular weight excluding hydrogens is 242 g/mol. The second-order valence-electron chi connectivity index (χ2n) is 3.14. The van der Waals surface area contributed by atoms with Crippen LogP contribution in [0, 0.1) is 10.1 Å². The van der Waals surface area contributed by atoms with E-state index >= 15 is 0 Å². The van der Waals surface area contributed by atoms with Crippen LogP contribution in [0.4, 0.5) is 5.69 Å². The van der Waals surface area contributed by atoms with Gasteiger partial charge in [0.1, 0.15) is 6.61 Å². The normalized spacial score (nSPS) is 10.3. The topological polar surface area (TPSA) is 98.9 Å². The summed E-state index contributed by atoms with van der Waals surface area (Å²) in [6.07, 6.45) is 2.20. The van der Waals surface area contributed by atoms with Gasteiger partial charge in [-0.15, -0.1) is 0 Å². The van der Waals surface area contributed by atoms with E-state index in [-0.39, 0.29) is 18.0 Å². The number of hydrogen-bond donors (Lipinski definition) is 1. The number of nitro groups is 1. The molecule has 1 rings (SSSR count). The summed E-state index contributed by atoms with van der Waals surface area (Å²) in [5.41, 5.74) is -0.131. The molecule has 0 atom stereocenters. The minimum absolute atomic E-state index is 0.0240. The van der Waals surface area contributed by atoms with Crippen molar-refractivity contribution in [3.63, 3.8) is 0 Å². The summed E-state index contributed by atoms with van der Waals surface area (Å²) in [6.45, 7) is -0.0240. The SMILES string of the molecule is COc1ccc([N+](=O)[O-])cc1OC/C=C/C(=O)O. The van der Waals surface area contributed by atoms with Crippen molar-refractivity contribution in [3.05, 3.63) is 40.5 Å². The first-order valence-corrected chi connectivity index (χ1v) is 4.89. The van der Waals surface area contributed by atoms with Crippen molar-refractivity contribution in [1.29, 1.82) is 0 Å². The number of aliphatic carboxylic acids is 1. The Hall–Kier alpha value is -2.57. The maximum absolute atomic E-state index is 10.6. The van der Waals surface area contributed by atoms with E-state index in [9.17, 15) is 14.9 Å². The van der Waals surface area contributed by atoms with E-state index in [2.05, 4.69) is 0 Å².